The topological polar surface area (TPSA) is 339 Å². The number of amides is 9. The monoisotopic (exact) mass is 1870 g/mol. The number of benzene rings is 7. The Bertz CT molecular complexity index is 5720. The zero-order chi connectivity index (χ0) is 97.2. The molecule has 0 spiro atoms. The molecule has 2 aliphatic carbocycles. The van der Waals surface area contributed by atoms with Crippen molar-refractivity contribution in [3.05, 3.63) is 250 Å². The highest BCUT2D eigenvalue weighted by Gasteiger charge is 2.39. The maximum absolute atomic E-state index is 14.4. The van der Waals surface area contributed by atoms with E-state index in [2.05, 4.69) is 161 Å². The Labute approximate surface area is 805 Å². The van der Waals surface area contributed by atoms with Crippen LogP contribution in [0.2, 0.25) is 0 Å². The second-order valence-corrected chi connectivity index (χ2v) is 37.6. The zero-order valence-corrected chi connectivity index (χ0v) is 81.2. The lowest BCUT2D eigenvalue weighted by atomic mass is 9.95. The van der Waals surface area contributed by atoms with Crippen LogP contribution in [-0.4, -0.2) is 213 Å². The number of nitrogens with zero attached hydrogens (tertiary/aromatic N) is 5. The highest BCUT2D eigenvalue weighted by Crippen LogP contribution is 2.46. The van der Waals surface area contributed by atoms with E-state index in [9.17, 15) is 47.9 Å². The van der Waals surface area contributed by atoms with Crippen LogP contribution in [0.5, 0.6) is 0 Å². The van der Waals surface area contributed by atoms with Crippen molar-refractivity contribution in [2.75, 3.05) is 47.3 Å². The third-order valence-corrected chi connectivity index (χ3v) is 28.4. The van der Waals surface area contributed by atoms with Gasteiger partial charge in [-0.25, -0.2) is 19.2 Å². The smallest absolute Gasteiger partial charge is 0.410 e. The molecular weight excluding hydrogens is 1730 g/mol. The van der Waals surface area contributed by atoms with Gasteiger partial charge in [0.25, 0.3) is 0 Å². The maximum Gasteiger partial charge on any atom is 0.410 e. The van der Waals surface area contributed by atoms with Crippen molar-refractivity contribution >= 4 is 104 Å². The summed E-state index contributed by atoms with van der Waals surface area (Å²) in [5.41, 5.74) is 19.0. The number of carboxylic acids is 1. The quantitative estimate of drug-likeness (QED) is 0.0189. The molecule has 9 amide bonds. The number of ether oxygens (including phenoxy) is 3. The molecule has 6 aliphatic rings. The summed E-state index contributed by atoms with van der Waals surface area (Å²) >= 11 is 0. The Morgan fingerprint density at radius 2 is 0.693 bits per heavy atom. The van der Waals surface area contributed by atoms with Crippen molar-refractivity contribution in [2.45, 2.75) is 276 Å². The second-order valence-electron chi connectivity index (χ2n) is 37.6. The molecule has 728 valence electrons. The van der Waals surface area contributed by atoms with E-state index in [0.717, 1.165) is 150 Å². The highest BCUT2D eigenvalue weighted by atomic mass is 16.6. The fourth-order valence-electron chi connectivity index (χ4n) is 19.9. The van der Waals surface area contributed by atoms with Gasteiger partial charge in [-0.1, -0.05) is 227 Å². The number of aromatic amines is 2. The number of carbonyl (C=O) groups is 10. The zero-order valence-electron chi connectivity index (χ0n) is 81.2. The Kier molecular flexibility index (Phi) is 36.5. The summed E-state index contributed by atoms with van der Waals surface area (Å²) < 4.78 is 16.1. The number of allylic oxidation sites excluding steroid dienone is 2. The van der Waals surface area contributed by atoms with Gasteiger partial charge < -0.3 is 80.8 Å². The molecule has 4 aliphatic heterocycles. The van der Waals surface area contributed by atoms with Crippen LogP contribution in [0.3, 0.4) is 0 Å². The number of rotatable bonds is 30. The minimum Gasteiger partial charge on any atom is -0.480 e. The Morgan fingerprint density at radius 3 is 1.04 bits per heavy atom. The van der Waals surface area contributed by atoms with Crippen molar-refractivity contribution in [2.24, 2.45) is 0 Å². The molecule has 9 N–H and O–H groups in total. The molecule has 0 radical (unpaired) electrons. The van der Waals surface area contributed by atoms with Crippen molar-refractivity contribution in [1.82, 2.24) is 66.4 Å². The van der Waals surface area contributed by atoms with Gasteiger partial charge in [-0.2, -0.15) is 0 Å². The van der Waals surface area contributed by atoms with Crippen molar-refractivity contribution < 1.29 is 67.3 Å². The Balaban J connectivity index is 0.000000199. The standard InChI is InChI=1S/C53H61N5O6.C45H63N7O4.C12H15NO4/c1-36-17-9-14-27-47(55-52(61)63-34-38-19-5-3-6-20-38)50(59)57(36)31-29-42-41-24-12-11-23-40(41)33-45(42)49-44(43-25-13-16-26-46(43)54-49)30-32-58-37(2)18-10-15-28-48(51(58)60)56-53(62)64-35-39-21-7-4-8-22-39;1-28-15-7-12-21-39(49-42(53)30(3)46-5)44(55)51(28)25-23-34-33-18-10-9-17-32(33)27-37(34)41-36(35-19-11-14-20-38(35)48-41)24-26-52-29(2)16-8-13-22-40(45(52)56)50-43(54)31(4)47-6;1-9(11(14)15)13(2)12(16)17-8-10-6-4-3-5-7-10/h3-8,11-13,16,19-26,36-37,47-48,54H,9-10,14-15,17-18,27-35H2,1-2H3,(H,55,61)(H,56,62);9-11,14,17-20,28-31,39-40,46-48H,7-8,12-13,15-16,21-27H2,1-6H3,(H,49,53)(H,50,54);3-7,9H,8H2,1-2H3,(H,14,15)/t36-,37-,47+,48+;28-,29-,30+,31+,39+,40+;9-/m110/s1. The van der Waals surface area contributed by atoms with E-state index >= 15 is 0 Å². The predicted molar refractivity (Wildman–Crippen MR) is 535 cm³/mol. The van der Waals surface area contributed by atoms with E-state index in [4.69, 9.17) is 19.3 Å². The van der Waals surface area contributed by atoms with Crippen LogP contribution in [0.1, 0.15) is 225 Å². The summed E-state index contributed by atoms with van der Waals surface area (Å²) in [6, 6.07) is 58.2. The minimum atomic E-state index is -1.07. The number of para-hydroxylation sites is 2. The number of carbonyl (C=O) groups excluding carboxylic acids is 9. The summed E-state index contributed by atoms with van der Waals surface area (Å²) in [6.07, 6.45) is 15.7. The molecule has 15 rings (SSSR count). The number of aromatic nitrogens is 2. The number of carboxylic acid groups (broad SMARTS) is 1. The first-order valence-electron chi connectivity index (χ1n) is 49.4. The molecule has 11 atom stereocenters. The number of nitrogens with one attached hydrogen (secondary N) is 8. The first-order valence-corrected chi connectivity index (χ1v) is 49.4. The van der Waals surface area contributed by atoms with Crippen LogP contribution in [0.25, 0.3) is 44.1 Å². The van der Waals surface area contributed by atoms with Crippen LogP contribution in [0, 0.1) is 0 Å². The molecule has 0 saturated carbocycles. The van der Waals surface area contributed by atoms with Crippen LogP contribution < -0.4 is 31.9 Å². The third-order valence-electron chi connectivity index (χ3n) is 28.4. The number of hydrogen-bond donors (Lipinski definition) is 9. The number of hydrogen-bond acceptors (Lipinski definition) is 15. The third kappa shape index (κ3) is 26.3. The van der Waals surface area contributed by atoms with Gasteiger partial charge in [0.1, 0.15) is 50.0 Å². The van der Waals surface area contributed by atoms with Crippen LogP contribution >= 0.6 is 0 Å². The highest BCUT2D eigenvalue weighted by molar-refractivity contribution is 6.03. The summed E-state index contributed by atoms with van der Waals surface area (Å²) in [6.45, 7) is 16.0. The molecular formula is C110H139N13O14. The molecule has 4 fully saturated rings. The van der Waals surface area contributed by atoms with Gasteiger partial charge in [0.2, 0.25) is 35.4 Å². The number of likely N-dealkylation sites (N-methyl/N-ethyl adjacent to an activating group) is 3. The van der Waals surface area contributed by atoms with Crippen molar-refractivity contribution in [3.8, 4) is 0 Å². The number of likely N-dealkylation sites (tertiary alicyclic amines) is 4. The summed E-state index contributed by atoms with van der Waals surface area (Å²) in [7, 11) is 4.90. The molecule has 7 aromatic carbocycles. The van der Waals surface area contributed by atoms with Crippen molar-refractivity contribution in [3.63, 3.8) is 0 Å². The van der Waals surface area contributed by atoms with Crippen LogP contribution in [0.4, 0.5) is 14.4 Å². The molecule has 0 unspecified atom stereocenters. The second kappa shape index (κ2) is 49.2. The average Bonchev–Trinajstić information content (AvgIpc) is 1.60. The summed E-state index contributed by atoms with van der Waals surface area (Å²) in [4.78, 5) is 148. The van der Waals surface area contributed by atoms with Gasteiger partial charge in [-0.15, -0.1) is 0 Å². The molecule has 0 bridgehead atoms. The maximum atomic E-state index is 14.4. The molecule has 27 nitrogen and oxygen atoms in total. The van der Waals surface area contributed by atoms with E-state index in [1.54, 1.807) is 14.1 Å². The lowest BCUT2D eigenvalue weighted by Gasteiger charge is -2.35. The van der Waals surface area contributed by atoms with E-state index in [-0.39, 0.29) is 91.5 Å². The van der Waals surface area contributed by atoms with Gasteiger partial charge in [-0.3, -0.25) is 33.7 Å². The number of aliphatic carboxylic acids is 1. The number of H-pyrrole nitrogens is 2. The van der Waals surface area contributed by atoms with E-state index < -0.39 is 54.5 Å². The Hall–Kier alpha value is -12.9. The Morgan fingerprint density at radius 1 is 0.394 bits per heavy atom. The molecule has 4 saturated heterocycles. The molecule has 137 heavy (non-hydrogen) atoms. The van der Waals surface area contributed by atoms with Gasteiger partial charge in [0.15, 0.2) is 0 Å². The van der Waals surface area contributed by atoms with Gasteiger partial charge >= 0.3 is 24.2 Å². The average molecular weight is 1870 g/mol. The lowest BCUT2D eigenvalue weighted by Crippen LogP contribution is -2.55. The fourth-order valence-corrected chi connectivity index (χ4v) is 19.9. The molecule has 9 aromatic rings. The SMILES string of the molecule is CN[C@@H](C)C(=O)N[C@H]1CCCC[C@@H](C)N(CCC2=C(c3[nH]c4ccccc4c3CCN3C(=O)[C@@H](NC(=O)[C@H](C)NC)CCCC[C@H]3C)Cc3ccccc32)C1=O.C[C@@H](C(=O)O)N(C)C(=O)OCc1ccccc1.C[C@@H]1CCCC[C@H](NC(=O)OCc2ccccc2)C(=O)N1CCC1=C(c2[nH]c3ccccc3c2CCN2C(=O)[C@@H](NC(=O)OCc3ccccc3)CCCC[C@H]2C)Cc2ccccc21. The molecule has 27 heteroatoms. The van der Waals surface area contributed by atoms with Gasteiger partial charge in [-0.05, 0) is 224 Å². The van der Waals surface area contributed by atoms with E-state index in [1.165, 1.54) is 64.1 Å². The number of alkyl carbamates (subject to hydrolysis) is 2. The summed E-state index contributed by atoms with van der Waals surface area (Å²) in [5.74, 6) is -1.55. The number of fused-ring (bicyclic) bond motifs is 4. The summed E-state index contributed by atoms with van der Waals surface area (Å²) in [5, 5.41) is 28.9. The van der Waals surface area contributed by atoms with E-state index in [0.29, 0.717) is 77.5 Å². The molecule has 2 aromatic heterocycles. The van der Waals surface area contributed by atoms with Gasteiger partial charge in [0.05, 0.1) is 12.1 Å². The first-order chi connectivity index (χ1) is 66.3. The lowest BCUT2D eigenvalue weighted by molar-refractivity contribution is -0.142. The van der Waals surface area contributed by atoms with Gasteiger partial charge in [0, 0.05) is 103 Å². The fraction of sp³-hybridized carbons (Fsp3) is 0.455. The minimum absolute atomic E-state index is 0.00186. The van der Waals surface area contributed by atoms with E-state index in [1.807, 2.05) is 131 Å². The largest absolute Gasteiger partial charge is 0.480 e. The van der Waals surface area contributed by atoms with Crippen LogP contribution in [-0.2, 0) is 93.3 Å². The first kappa shape index (κ1) is 102. The van der Waals surface area contributed by atoms with Crippen molar-refractivity contribution in [1.29, 1.82) is 0 Å². The van der Waals surface area contributed by atoms with Crippen LogP contribution in [0.15, 0.2) is 188 Å². The normalized spacial score (nSPS) is 20.5. The predicted octanol–water partition coefficient (Wildman–Crippen LogP) is 16.8. The molecule has 6 heterocycles.